The van der Waals surface area contributed by atoms with Crippen molar-refractivity contribution >= 4 is 58.0 Å². The van der Waals surface area contributed by atoms with Crippen molar-refractivity contribution < 1.29 is 28.9 Å². The average molecular weight is 597 g/mol. The smallest absolute Gasteiger partial charge is 0.318 e. The summed E-state index contributed by atoms with van der Waals surface area (Å²) in [6.45, 7) is 0. The van der Waals surface area contributed by atoms with Gasteiger partial charge in [-0.3, -0.25) is 39.6 Å². The molecule has 0 atom stereocenters. The predicted molar refractivity (Wildman–Crippen MR) is 161 cm³/mol. The zero-order valence-corrected chi connectivity index (χ0v) is 23.1. The fraction of sp³-hybridized carbons (Fsp3) is 0.0333. The van der Waals surface area contributed by atoms with Gasteiger partial charge in [-0.25, -0.2) is 0 Å². The molecule has 1 heterocycles. The van der Waals surface area contributed by atoms with Crippen molar-refractivity contribution in [1.82, 2.24) is 0 Å². The van der Waals surface area contributed by atoms with E-state index in [4.69, 9.17) is 21.7 Å². The van der Waals surface area contributed by atoms with Gasteiger partial charge in [0.15, 0.2) is 16.6 Å². The normalized spacial score (nSPS) is 13.1. The summed E-state index contributed by atoms with van der Waals surface area (Å²) in [5.74, 6) is -1.33. The Bertz CT molecular complexity index is 1750. The molecule has 0 aromatic heterocycles. The van der Waals surface area contributed by atoms with Crippen molar-refractivity contribution in [2.45, 2.75) is 0 Å². The van der Waals surface area contributed by atoms with Gasteiger partial charge in [-0.05, 0) is 66.3 Å². The number of thiocarbonyl (C=S) groups is 1. The Kier molecular flexibility index (Phi) is 7.90. The van der Waals surface area contributed by atoms with Crippen molar-refractivity contribution in [2.75, 3.05) is 16.9 Å². The number of rotatable bonds is 8. The lowest BCUT2D eigenvalue weighted by Crippen LogP contribution is -2.56. The molecule has 1 aliphatic heterocycles. The highest BCUT2D eigenvalue weighted by Crippen LogP contribution is 2.39. The third-order valence-electron chi connectivity index (χ3n) is 6.35. The van der Waals surface area contributed by atoms with Gasteiger partial charge >= 0.3 is 5.69 Å². The predicted octanol–water partition coefficient (Wildman–Crippen LogP) is 6.05. The van der Waals surface area contributed by atoms with Crippen molar-refractivity contribution in [2.24, 2.45) is 0 Å². The first-order valence-corrected chi connectivity index (χ1v) is 12.9. The van der Waals surface area contributed by atoms with E-state index in [0.29, 0.717) is 16.9 Å². The molecule has 0 saturated carbocycles. The first-order chi connectivity index (χ1) is 20.7. The molecule has 0 bridgehead atoms. The molecule has 1 fully saturated rings. The molecule has 43 heavy (non-hydrogen) atoms. The fourth-order valence-electron chi connectivity index (χ4n) is 4.33. The number of hydrogen-bond acceptors (Lipinski definition) is 9. The lowest BCUT2D eigenvalue weighted by Gasteiger charge is -2.36. The maximum atomic E-state index is 13.7. The van der Waals surface area contributed by atoms with E-state index in [0.717, 1.165) is 18.2 Å². The number of hydrogen-bond donors (Lipinski definition) is 0. The Morgan fingerprint density at radius 1 is 0.721 bits per heavy atom. The van der Waals surface area contributed by atoms with Gasteiger partial charge in [0.05, 0.1) is 34.4 Å². The molecule has 4 aromatic rings. The van der Waals surface area contributed by atoms with Gasteiger partial charge in [0.1, 0.15) is 5.57 Å². The van der Waals surface area contributed by atoms with Crippen LogP contribution in [0.25, 0.3) is 6.08 Å². The third-order valence-corrected chi connectivity index (χ3v) is 6.71. The number of ether oxygens (including phenoxy) is 2. The van der Waals surface area contributed by atoms with Crippen LogP contribution in [-0.4, -0.2) is 33.9 Å². The summed E-state index contributed by atoms with van der Waals surface area (Å²) >= 11 is 5.62. The molecular formula is C30H20N4O8S. The number of non-ortho nitro benzene ring substituents is 1. The molecule has 1 aliphatic rings. The van der Waals surface area contributed by atoms with Crippen LogP contribution in [0.4, 0.5) is 22.7 Å². The summed E-state index contributed by atoms with van der Waals surface area (Å²) in [5, 5.41) is 22.6. The van der Waals surface area contributed by atoms with Crippen LogP contribution in [0.3, 0.4) is 0 Å². The number of carbonyl (C=O) groups excluding carboxylic acids is 2. The van der Waals surface area contributed by atoms with E-state index in [2.05, 4.69) is 0 Å². The topological polar surface area (TPSA) is 145 Å². The standard InChI is InChI=1S/C30H20N4O8S/c1-41-27-17-19(12-14-26(27)42-25-15-13-22(33(37)38)18-24(25)34(39)40)16-23-28(35)31(20-8-4-2-5-9-20)30(43)32(29(23)36)21-10-6-3-7-11-21/h2-18H,1H3. The number of nitrogens with zero attached hydrogens (tertiary/aromatic N) is 4. The molecule has 0 unspecified atom stereocenters. The van der Waals surface area contributed by atoms with E-state index in [1.165, 1.54) is 41.2 Å². The number of carbonyl (C=O) groups is 2. The molecule has 1 saturated heterocycles. The van der Waals surface area contributed by atoms with Crippen LogP contribution in [0.1, 0.15) is 5.56 Å². The number of anilines is 2. The quantitative estimate of drug-likeness (QED) is 0.0780. The number of para-hydroxylation sites is 2. The molecule has 214 valence electrons. The minimum atomic E-state index is -0.796. The summed E-state index contributed by atoms with van der Waals surface area (Å²) in [4.78, 5) is 51.1. The highest BCUT2D eigenvalue weighted by atomic mass is 32.1. The maximum Gasteiger partial charge on any atom is 0.318 e. The molecule has 0 radical (unpaired) electrons. The van der Waals surface area contributed by atoms with Crippen LogP contribution in [-0.2, 0) is 9.59 Å². The Morgan fingerprint density at radius 3 is 1.79 bits per heavy atom. The van der Waals surface area contributed by atoms with Gasteiger partial charge < -0.3 is 9.47 Å². The van der Waals surface area contributed by atoms with E-state index >= 15 is 0 Å². The van der Waals surface area contributed by atoms with Crippen LogP contribution in [0.15, 0.2) is 103 Å². The summed E-state index contributed by atoms with van der Waals surface area (Å²) in [6, 6.07) is 24.8. The van der Waals surface area contributed by atoms with Crippen LogP contribution >= 0.6 is 12.2 Å². The number of nitro groups is 2. The Hall–Kier alpha value is -5.95. The first-order valence-electron chi connectivity index (χ1n) is 12.5. The zero-order valence-electron chi connectivity index (χ0n) is 22.3. The summed E-state index contributed by atoms with van der Waals surface area (Å²) < 4.78 is 11.1. The first kappa shape index (κ1) is 28.6. The second kappa shape index (κ2) is 11.9. The van der Waals surface area contributed by atoms with E-state index in [1.807, 2.05) is 0 Å². The number of amides is 2. The van der Waals surface area contributed by atoms with E-state index in [9.17, 15) is 29.8 Å². The summed E-state index contributed by atoms with van der Waals surface area (Å²) in [6.07, 6.45) is 1.39. The molecule has 13 heteroatoms. The second-order valence-corrected chi connectivity index (χ2v) is 9.34. The lowest BCUT2D eigenvalue weighted by molar-refractivity contribution is -0.394. The zero-order chi connectivity index (χ0) is 30.7. The molecule has 12 nitrogen and oxygen atoms in total. The van der Waals surface area contributed by atoms with Crippen molar-refractivity contribution in [3.05, 3.63) is 128 Å². The summed E-state index contributed by atoms with van der Waals surface area (Å²) in [5.41, 5.74) is 0.0730. The Morgan fingerprint density at radius 2 is 1.28 bits per heavy atom. The van der Waals surface area contributed by atoms with Crippen LogP contribution in [0, 0.1) is 20.2 Å². The van der Waals surface area contributed by atoms with Gasteiger partial charge in [-0.2, -0.15) is 0 Å². The SMILES string of the molecule is COc1cc(C=C2C(=O)N(c3ccccc3)C(=S)N(c3ccccc3)C2=O)ccc1Oc1ccc([N+](=O)[O-])cc1[N+](=O)[O-]. The van der Waals surface area contributed by atoms with E-state index in [-0.39, 0.29) is 27.9 Å². The molecule has 0 N–H and O–H groups in total. The van der Waals surface area contributed by atoms with Gasteiger partial charge in [0.25, 0.3) is 17.5 Å². The van der Waals surface area contributed by atoms with Gasteiger partial charge in [-0.15, -0.1) is 0 Å². The van der Waals surface area contributed by atoms with Gasteiger partial charge in [0.2, 0.25) is 5.75 Å². The Balaban J connectivity index is 1.54. The number of benzene rings is 4. The molecule has 5 rings (SSSR count). The number of methoxy groups -OCH3 is 1. The van der Waals surface area contributed by atoms with E-state index < -0.39 is 33.0 Å². The molecular weight excluding hydrogens is 576 g/mol. The maximum absolute atomic E-state index is 13.7. The minimum absolute atomic E-state index is 0.00410. The molecule has 0 spiro atoms. The monoisotopic (exact) mass is 596 g/mol. The fourth-order valence-corrected chi connectivity index (χ4v) is 4.71. The van der Waals surface area contributed by atoms with Gasteiger partial charge in [0, 0.05) is 6.07 Å². The van der Waals surface area contributed by atoms with Crippen molar-refractivity contribution in [3.8, 4) is 17.2 Å². The van der Waals surface area contributed by atoms with Crippen LogP contribution < -0.4 is 19.3 Å². The lowest BCUT2D eigenvalue weighted by atomic mass is 10.0. The molecule has 4 aromatic carbocycles. The molecule has 2 amide bonds. The van der Waals surface area contributed by atoms with Crippen molar-refractivity contribution in [3.63, 3.8) is 0 Å². The average Bonchev–Trinajstić information content (AvgIpc) is 3.01. The molecule has 0 aliphatic carbocycles. The van der Waals surface area contributed by atoms with Gasteiger partial charge in [-0.1, -0.05) is 42.5 Å². The van der Waals surface area contributed by atoms with Crippen LogP contribution in [0.2, 0.25) is 0 Å². The number of nitro benzene ring substituents is 2. The van der Waals surface area contributed by atoms with Crippen LogP contribution in [0.5, 0.6) is 17.2 Å². The second-order valence-electron chi connectivity index (χ2n) is 8.97. The van der Waals surface area contributed by atoms with Crippen molar-refractivity contribution in [1.29, 1.82) is 0 Å². The minimum Gasteiger partial charge on any atom is -0.493 e. The third kappa shape index (κ3) is 5.64. The Labute approximate surface area is 249 Å². The highest BCUT2D eigenvalue weighted by molar-refractivity contribution is 7.81. The highest BCUT2D eigenvalue weighted by Gasteiger charge is 2.41. The largest absolute Gasteiger partial charge is 0.493 e. The van der Waals surface area contributed by atoms with E-state index in [1.54, 1.807) is 60.7 Å². The summed E-state index contributed by atoms with van der Waals surface area (Å²) in [7, 11) is 1.34.